The number of nitrogens with zero attached hydrogens (tertiary/aromatic N) is 2. The van der Waals surface area contributed by atoms with Gasteiger partial charge in [-0.3, -0.25) is 9.69 Å². The van der Waals surface area contributed by atoms with Gasteiger partial charge in [-0.1, -0.05) is 56.3 Å². The number of hydrogen-bond acceptors (Lipinski definition) is 4. The molecular weight excluding hydrogens is 302 g/mol. The Morgan fingerprint density at radius 3 is 2.46 bits per heavy atom. The molecule has 0 aliphatic carbocycles. The maximum atomic E-state index is 12.9. The fourth-order valence-electron chi connectivity index (χ4n) is 3.05. The molecule has 0 bridgehead atoms. The molecule has 1 amide bonds. The molecule has 1 fully saturated rings. The molecule has 2 heterocycles. The maximum Gasteiger partial charge on any atom is 0.247 e. The van der Waals surface area contributed by atoms with Gasteiger partial charge in [-0.15, -0.1) is 0 Å². The minimum Gasteiger partial charge on any atom is -0.359 e. The summed E-state index contributed by atoms with van der Waals surface area (Å²) in [4.78, 5) is 15.2. The van der Waals surface area contributed by atoms with E-state index < -0.39 is 0 Å². The van der Waals surface area contributed by atoms with Crippen molar-refractivity contribution in [2.75, 3.05) is 18.4 Å². The number of benzene rings is 1. The van der Waals surface area contributed by atoms with Crippen LogP contribution in [0.25, 0.3) is 0 Å². The second-order valence-electron chi connectivity index (χ2n) is 7.37. The van der Waals surface area contributed by atoms with Gasteiger partial charge in [-0.2, -0.15) is 0 Å². The molecule has 0 radical (unpaired) electrons. The van der Waals surface area contributed by atoms with Gasteiger partial charge >= 0.3 is 0 Å². The van der Waals surface area contributed by atoms with Crippen LogP contribution < -0.4 is 5.32 Å². The fourth-order valence-corrected chi connectivity index (χ4v) is 3.05. The van der Waals surface area contributed by atoms with Crippen molar-refractivity contribution < 1.29 is 9.32 Å². The Morgan fingerprint density at radius 1 is 1.21 bits per heavy atom. The smallest absolute Gasteiger partial charge is 0.247 e. The molecule has 24 heavy (non-hydrogen) atoms. The third-order valence-electron chi connectivity index (χ3n) is 4.37. The lowest BCUT2D eigenvalue weighted by atomic mass is 9.93. The molecule has 1 aliphatic heterocycles. The van der Waals surface area contributed by atoms with Gasteiger partial charge in [0.25, 0.3) is 0 Å². The number of hydrogen-bond donors (Lipinski definition) is 1. The molecule has 5 heteroatoms. The van der Waals surface area contributed by atoms with E-state index >= 15 is 0 Å². The molecule has 5 nitrogen and oxygen atoms in total. The van der Waals surface area contributed by atoms with Crippen LogP contribution in [0.1, 0.15) is 51.0 Å². The first-order valence-electron chi connectivity index (χ1n) is 8.52. The molecule has 0 saturated carbocycles. The van der Waals surface area contributed by atoms with Crippen LogP contribution in [0, 0.1) is 0 Å². The third-order valence-corrected chi connectivity index (χ3v) is 4.37. The second-order valence-corrected chi connectivity index (χ2v) is 7.37. The normalized spacial score (nSPS) is 17.0. The Balaban J connectivity index is 1.80. The van der Waals surface area contributed by atoms with Crippen LogP contribution in [0.2, 0.25) is 0 Å². The van der Waals surface area contributed by atoms with Gasteiger partial charge in [0.1, 0.15) is 11.8 Å². The van der Waals surface area contributed by atoms with Crippen LogP contribution >= 0.6 is 0 Å². The molecule has 3 rings (SSSR count). The van der Waals surface area contributed by atoms with Crippen LogP contribution in [0.4, 0.5) is 5.82 Å². The zero-order chi connectivity index (χ0) is 17.2. The summed E-state index contributed by atoms with van der Waals surface area (Å²) in [5, 5.41) is 6.92. The minimum absolute atomic E-state index is 0.0585. The lowest BCUT2D eigenvalue weighted by molar-refractivity contribution is -0.121. The predicted molar refractivity (Wildman–Crippen MR) is 93.8 cm³/mol. The van der Waals surface area contributed by atoms with Crippen molar-refractivity contribution in [3.05, 3.63) is 47.7 Å². The summed E-state index contributed by atoms with van der Waals surface area (Å²) in [6.07, 6.45) is 2.27. The lowest BCUT2D eigenvalue weighted by Crippen LogP contribution is -2.35. The van der Waals surface area contributed by atoms with E-state index in [4.69, 9.17) is 4.52 Å². The molecule has 1 aliphatic rings. The van der Waals surface area contributed by atoms with Crippen LogP contribution in [-0.2, 0) is 10.2 Å². The second kappa shape index (κ2) is 6.77. The lowest BCUT2D eigenvalue weighted by Gasteiger charge is -2.26. The molecule has 1 atom stereocenters. The average molecular weight is 327 g/mol. The first-order chi connectivity index (χ1) is 11.4. The quantitative estimate of drug-likeness (QED) is 0.929. The van der Waals surface area contributed by atoms with Crippen molar-refractivity contribution in [3.63, 3.8) is 0 Å². The number of nitrogens with one attached hydrogen (secondary N) is 1. The van der Waals surface area contributed by atoms with Crippen molar-refractivity contribution in [1.29, 1.82) is 0 Å². The predicted octanol–water partition coefficient (Wildman–Crippen LogP) is 3.75. The Morgan fingerprint density at radius 2 is 1.88 bits per heavy atom. The molecule has 1 unspecified atom stereocenters. The molecule has 1 saturated heterocycles. The Kier molecular flexibility index (Phi) is 4.71. The average Bonchev–Trinajstić information content (AvgIpc) is 3.20. The van der Waals surface area contributed by atoms with Crippen molar-refractivity contribution in [2.45, 2.75) is 45.1 Å². The van der Waals surface area contributed by atoms with Gasteiger partial charge < -0.3 is 9.84 Å². The molecule has 0 spiro atoms. The topological polar surface area (TPSA) is 58.4 Å². The van der Waals surface area contributed by atoms with Crippen LogP contribution in [0.15, 0.2) is 40.9 Å². The van der Waals surface area contributed by atoms with E-state index in [0.29, 0.717) is 5.82 Å². The van der Waals surface area contributed by atoms with Gasteiger partial charge in [-0.25, -0.2) is 0 Å². The largest absolute Gasteiger partial charge is 0.359 e. The van der Waals surface area contributed by atoms with E-state index in [-0.39, 0.29) is 17.4 Å². The van der Waals surface area contributed by atoms with Crippen molar-refractivity contribution >= 4 is 11.7 Å². The van der Waals surface area contributed by atoms with Gasteiger partial charge in [0.2, 0.25) is 5.91 Å². The summed E-state index contributed by atoms with van der Waals surface area (Å²) < 4.78 is 5.36. The van der Waals surface area contributed by atoms with E-state index in [1.54, 1.807) is 0 Å². The van der Waals surface area contributed by atoms with E-state index in [1.165, 1.54) is 0 Å². The van der Waals surface area contributed by atoms with Crippen molar-refractivity contribution in [2.24, 2.45) is 0 Å². The van der Waals surface area contributed by atoms with Gasteiger partial charge in [0.15, 0.2) is 5.82 Å². The number of carbonyl (C=O) groups excluding carboxylic acids is 1. The molecule has 128 valence electrons. The molecule has 1 aromatic carbocycles. The minimum atomic E-state index is -0.288. The Hall–Kier alpha value is -2.14. The molecule has 1 N–H and O–H groups in total. The summed E-state index contributed by atoms with van der Waals surface area (Å²) in [5.74, 6) is 1.18. The highest BCUT2D eigenvalue weighted by Crippen LogP contribution is 2.28. The summed E-state index contributed by atoms with van der Waals surface area (Å²) in [5.41, 5.74) is 0.875. The molecule has 2 aromatic rings. The highest BCUT2D eigenvalue weighted by Gasteiger charge is 2.30. The number of anilines is 1. The standard InChI is InChI=1S/C19H25N3O2/c1-19(2,3)15-13-16(21-24-15)20-18(23)17(22-11-7-8-12-22)14-9-5-4-6-10-14/h4-6,9-10,13,17H,7-8,11-12H2,1-3H3,(H,20,21,23). The third kappa shape index (κ3) is 3.67. The number of carbonyl (C=O) groups is 1. The summed E-state index contributed by atoms with van der Waals surface area (Å²) in [7, 11) is 0. The zero-order valence-electron chi connectivity index (χ0n) is 14.6. The van der Waals surface area contributed by atoms with Crippen LogP contribution in [-0.4, -0.2) is 29.1 Å². The first-order valence-corrected chi connectivity index (χ1v) is 8.52. The number of amides is 1. The molecular formula is C19H25N3O2. The fraction of sp³-hybridized carbons (Fsp3) is 0.474. The highest BCUT2D eigenvalue weighted by atomic mass is 16.5. The summed E-state index contributed by atoms with van der Waals surface area (Å²) >= 11 is 0. The first kappa shape index (κ1) is 16.7. The van der Waals surface area contributed by atoms with Gasteiger partial charge in [0.05, 0.1) is 0 Å². The Bertz CT molecular complexity index is 682. The molecule has 1 aromatic heterocycles. The SMILES string of the molecule is CC(C)(C)c1cc(NC(=O)C(c2ccccc2)N2CCCC2)no1. The van der Waals surface area contributed by atoms with Crippen LogP contribution in [0.3, 0.4) is 0 Å². The number of likely N-dealkylation sites (tertiary alicyclic amines) is 1. The van der Waals surface area contributed by atoms with Crippen LogP contribution in [0.5, 0.6) is 0 Å². The van der Waals surface area contributed by atoms with E-state index in [0.717, 1.165) is 37.3 Å². The van der Waals surface area contributed by atoms with Gasteiger partial charge in [-0.05, 0) is 31.5 Å². The highest BCUT2D eigenvalue weighted by molar-refractivity contribution is 5.94. The monoisotopic (exact) mass is 327 g/mol. The zero-order valence-corrected chi connectivity index (χ0v) is 14.6. The maximum absolute atomic E-state index is 12.9. The Labute approximate surface area is 143 Å². The van der Waals surface area contributed by atoms with Crippen molar-refractivity contribution in [1.82, 2.24) is 10.1 Å². The number of rotatable bonds is 4. The number of aromatic nitrogens is 1. The van der Waals surface area contributed by atoms with E-state index in [2.05, 4.69) is 36.1 Å². The van der Waals surface area contributed by atoms with Gasteiger partial charge in [0, 0.05) is 11.5 Å². The van der Waals surface area contributed by atoms with E-state index in [9.17, 15) is 4.79 Å². The van der Waals surface area contributed by atoms with E-state index in [1.807, 2.05) is 36.4 Å². The summed E-state index contributed by atoms with van der Waals surface area (Å²) in [6, 6.07) is 11.4. The van der Waals surface area contributed by atoms with Crippen molar-refractivity contribution in [3.8, 4) is 0 Å². The summed E-state index contributed by atoms with van der Waals surface area (Å²) in [6.45, 7) is 8.04.